The second-order valence-electron chi connectivity index (χ2n) is 4.93. The average Bonchev–Trinajstić information content (AvgIpc) is 2.20. The van der Waals surface area contributed by atoms with E-state index in [2.05, 4.69) is 0 Å². The number of aromatic hydroxyl groups is 1. The lowest BCUT2D eigenvalue weighted by atomic mass is 10.0. The molecule has 0 aromatic heterocycles. The summed E-state index contributed by atoms with van der Waals surface area (Å²) in [4.78, 5) is 15.0. The third-order valence-electron chi connectivity index (χ3n) is 2.46. The molecule has 0 unspecified atom stereocenters. The number of hydrogen-bond donors (Lipinski definition) is 2. The van der Waals surface area contributed by atoms with Gasteiger partial charge >= 0.3 is 5.97 Å². The van der Waals surface area contributed by atoms with Crippen molar-refractivity contribution in [1.82, 2.24) is 9.80 Å². The summed E-state index contributed by atoms with van der Waals surface area (Å²) < 4.78 is 0. The normalized spacial score (nSPS) is 10.6. The molecule has 0 fully saturated rings. The van der Waals surface area contributed by atoms with Gasteiger partial charge in [-0.3, -0.25) is 0 Å². The van der Waals surface area contributed by atoms with Crippen LogP contribution in [-0.2, 0) is 13.1 Å². The molecule has 0 heterocycles. The number of benzene rings is 1. The number of nitrogens with zero attached hydrogens (tertiary/aromatic N) is 2. The fourth-order valence-corrected chi connectivity index (χ4v) is 1.84. The molecule has 0 aliphatic heterocycles. The maximum atomic E-state index is 11.1. The molecule has 0 spiro atoms. The summed E-state index contributed by atoms with van der Waals surface area (Å²) in [7, 11) is 7.58. The lowest BCUT2D eigenvalue weighted by Gasteiger charge is -2.16. The van der Waals surface area contributed by atoms with E-state index in [1.165, 1.54) is 6.07 Å². The minimum Gasteiger partial charge on any atom is -0.507 e. The third-order valence-corrected chi connectivity index (χ3v) is 2.46. The van der Waals surface area contributed by atoms with Crippen molar-refractivity contribution in [3.8, 4) is 5.75 Å². The zero-order chi connectivity index (χ0) is 13.9. The number of carboxylic acid groups (broad SMARTS) is 1. The molecule has 0 aliphatic carbocycles. The van der Waals surface area contributed by atoms with E-state index in [0.717, 1.165) is 5.56 Å². The summed E-state index contributed by atoms with van der Waals surface area (Å²) in [5.74, 6) is -1.24. The first-order chi connectivity index (χ1) is 8.31. The Bertz CT molecular complexity index is 448. The van der Waals surface area contributed by atoms with E-state index in [1.807, 2.05) is 44.1 Å². The molecule has 0 saturated heterocycles. The van der Waals surface area contributed by atoms with Crippen LogP contribution in [0.15, 0.2) is 12.1 Å². The standard InChI is InChI=1S/C13H20N2O3.ClH/c1-14(2)7-9-5-10(8-15(3)4)12(16)11(6-9)13(17)18;/h5-6,16H,7-8H2,1-4H3,(H,17,18);1H. The highest BCUT2D eigenvalue weighted by Crippen LogP contribution is 2.26. The molecule has 0 amide bonds. The van der Waals surface area contributed by atoms with E-state index >= 15 is 0 Å². The lowest BCUT2D eigenvalue weighted by molar-refractivity contribution is 0.0693. The molecule has 1 aromatic carbocycles. The topological polar surface area (TPSA) is 64.0 Å². The number of rotatable bonds is 5. The molecule has 0 radical (unpaired) electrons. The van der Waals surface area contributed by atoms with Gasteiger partial charge in [0.1, 0.15) is 11.3 Å². The van der Waals surface area contributed by atoms with Gasteiger partial charge in [-0.25, -0.2) is 4.79 Å². The molecule has 1 rings (SSSR count). The summed E-state index contributed by atoms with van der Waals surface area (Å²) in [5.41, 5.74) is 1.48. The average molecular weight is 289 g/mol. The Morgan fingerprint density at radius 3 is 2.05 bits per heavy atom. The van der Waals surface area contributed by atoms with Gasteiger partial charge in [0.25, 0.3) is 0 Å². The molecule has 108 valence electrons. The smallest absolute Gasteiger partial charge is 0.339 e. The van der Waals surface area contributed by atoms with Gasteiger partial charge in [0, 0.05) is 18.7 Å². The Morgan fingerprint density at radius 1 is 1.11 bits per heavy atom. The quantitative estimate of drug-likeness (QED) is 0.862. The van der Waals surface area contributed by atoms with Crippen LogP contribution >= 0.6 is 12.4 Å². The van der Waals surface area contributed by atoms with Crippen LogP contribution in [0, 0.1) is 0 Å². The molecule has 2 N–H and O–H groups in total. The van der Waals surface area contributed by atoms with E-state index in [0.29, 0.717) is 18.7 Å². The van der Waals surface area contributed by atoms with Gasteiger partial charge in [-0.05, 0) is 45.9 Å². The Kier molecular flexibility index (Phi) is 6.83. The SMILES string of the molecule is CN(C)Cc1cc(CN(C)C)c(O)c(C(=O)O)c1.Cl. The maximum Gasteiger partial charge on any atom is 0.339 e. The van der Waals surface area contributed by atoms with Crippen molar-refractivity contribution in [3.63, 3.8) is 0 Å². The second kappa shape index (κ2) is 7.33. The number of carbonyl (C=O) groups is 1. The largest absolute Gasteiger partial charge is 0.507 e. The molecule has 19 heavy (non-hydrogen) atoms. The van der Waals surface area contributed by atoms with Crippen LogP contribution in [-0.4, -0.2) is 54.2 Å². The Labute approximate surface area is 119 Å². The number of phenols is 1. The molecular weight excluding hydrogens is 268 g/mol. The molecule has 1 aromatic rings. The van der Waals surface area contributed by atoms with Gasteiger partial charge in [0.2, 0.25) is 0 Å². The van der Waals surface area contributed by atoms with Gasteiger partial charge in [-0.1, -0.05) is 0 Å². The van der Waals surface area contributed by atoms with Crippen molar-refractivity contribution >= 4 is 18.4 Å². The van der Waals surface area contributed by atoms with E-state index in [9.17, 15) is 9.90 Å². The minimum absolute atomic E-state index is 0. The van der Waals surface area contributed by atoms with E-state index < -0.39 is 5.97 Å². The van der Waals surface area contributed by atoms with E-state index in [1.54, 1.807) is 0 Å². The molecule has 0 saturated carbocycles. The first-order valence-corrected chi connectivity index (χ1v) is 5.68. The number of hydrogen-bond acceptors (Lipinski definition) is 4. The predicted molar refractivity (Wildman–Crippen MR) is 77.1 cm³/mol. The summed E-state index contributed by atoms with van der Waals surface area (Å²) >= 11 is 0. The van der Waals surface area contributed by atoms with E-state index in [4.69, 9.17) is 5.11 Å². The van der Waals surface area contributed by atoms with Crippen LogP contribution in [0.2, 0.25) is 0 Å². The summed E-state index contributed by atoms with van der Waals surface area (Å²) in [5, 5.41) is 19.0. The van der Waals surface area contributed by atoms with Crippen LogP contribution in [0.5, 0.6) is 5.75 Å². The Morgan fingerprint density at radius 2 is 1.63 bits per heavy atom. The maximum absolute atomic E-state index is 11.1. The predicted octanol–water partition coefficient (Wildman–Crippen LogP) is 1.64. The van der Waals surface area contributed by atoms with Crippen LogP contribution in [0.3, 0.4) is 0 Å². The zero-order valence-corrected chi connectivity index (χ0v) is 12.5. The molecule has 0 bridgehead atoms. The highest BCUT2D eigenvalue weighted by atomic mass is 35.5. The molecule has 5 nitrogen and oxygen atoms in total. The van der Waals surface area contributed by atoms with Crippen LogP contribution in [0.1, 0.15) is 21.5 Å². The van der Waals surface area contributed by atoms with Crippen LogP contribution in [0.25, 0.3) is 0 Å². The Balaban J connectivity index is 0.00000324. The summed E-state index contributed by atoms with van der Waals surface area (Å²) in [6.07, 6.45) is 0. The molecule has 6 heteroatoms. The third kappa shape index (κ3) is 5.06. The fraction of sp³-hybridized carbons (Fsp3) is 0.462. The lowest BCUT2D eigenvalue weighted by Crippen LogP contribution is -2.15. The number of halogens is 1. The highest BCUT2D eigenvalue weighted by Gasteiger charge is 2.16. The minimum atomic E-state index is -1.10. The van der Waals surface area contributed by atoms with Crippen LogP contribution in [0.4, 0.5) is 0 Å². The van der Waals surface area contributed by atoms with Crippen molar-refractivity contribution in [2.45, 2.75) is 13.1 Å². The molecular formula is C13H21ClN2O3. The van der Waals surface area contributed by atoms with Gasteiger partial charge < -0.3 is 20.0 Å². The van der Waals surface area contributed by atoms with Crippen molar-refractivity contribution < 1.29 is 15.0 Å². The van der Waals surface area contributed by atoms with Crippen molar-refractivity contribution in [2.75, 3.05) is 28.2 Å². The molecule has 0 atom stereocenters. The first kappa shape index (κ1) is 17.7. The van der Waals surface area contributed by atoms with Crippen molar-refractivity contribution in [2.24, 2.45) is 0 Å². The second-order valence-corrected chi connectivity index (χ2v) is 4.93. The summed E-state index contributed by atoms with van der Waals surface area (Å²) in [6.45, 7) is 1.15. The van der Waals surface area contributed by atoms with Crippen LogP contribution < -0.4 is 0 Å². The zero-order valence-electron chi connectivity index (χ0n) is 11.7. The van der Waals surface area contributed by atoms with Gasteiger partial charge in [-0.15, -0.1) is 12.4 Å². The van der Waals surface area contributed by atoms with Crippen molar-refractivity contribution in [3.05, 3.63) is 28.8 Å². The van der Waals surface area contributed by atoms with Gasteiger partial charge in [-0.2, -0.15) is 0 Å². The monoisotopic (exact) mass is 288 g/mol. The summed E-state index contributed by atoms with van der Waals surface area (Å²) in [6, 6.07) is 3.37. The number of carboxylic acids is 1. The number of aromatic carboxylic acids is 1. The van der Waals surface area contributed by atoms with Gasteiger partial charge in [0.15, 0.2) is 0 Å². The van der Waals surface area contributed by atoms with E-state index in [-0.39, 0.29) is 23.7 Å². The fourth-order valence-electron chi connectivity index (χ4n) is 1.84. The Hall–Kier alpha value is -1.30. The van der Waals surface area contributed by atoms with Crippen molar-refractivity contribution in [1.29, 1.82) is 0 Å². The first-order valence-electron chi connectivity index (χ1n) is 5.68. The van der Waals surface area contributed by atoms with Gasteiger partial charge in [0.05, 0.1) is 0 Å². The highest BCUT2D eigenvalue weighted by molar-refractivity contribution is 5.91. The molecule has 0 aliphatic rings.